The van der Waals surface area contributed by atoms with Crippen molar-refractivity contribution in [2.45, 2.75) is 18.6 Å². The highest BCUT2D eigenvalue weighted by molar-refractivity contribution is 5.29. The molecule has 0 saturated carbocycles. The minimum atomic E-state index is 0.295. The first-order valence-corrected chi connectivity index (χ1v) is 6.83. The van der Waals surface area contributed by atoms with Crippen LogP contribution in [-0.4, -0.2) is 51.9 Å². The molecule has 1 aliphatic heterocycles. The zero-order valence-electron chi connectivity index (χ0n) is 12.1. The van der Waals surface area contributed by atoms with Crippen molar-refractivity contribution >= 4 is 0 Å². The lowest BCUT2D eigenvalue weighted by Gasteiger charge is -2.31. The molecule has 4 heteroatoms. The Hall–Kier alpha value is -1.10. The van der Waals surface area contributed by atoms with E-state index in [0.29, 0.717) is 12.1 Å². The van der Waals surface area contributed by atoms with E-state index >= 15 is 0 Å². The van der Waals surface area contributed by atoms with E-state index in [1.165, 1.54) is 5.56 Å². The molecule has 106 valence electrons. The Bertz CT molecular complexity index is 372. The largest absolute Gasteiger partial charge is 0.497 e. The summed E-state index contributed by atoms with van der Waals surface area (Å²) in [5.41, 5.74) is 1.31. The van der Waals surface area contributed by atoms with Crippen LogP contribution in [0.25, 0.3) is 0 Å². The Morgan fingerprint density at radius 2 is 2.11 bits per heavy atom. The van der Waals surface area contributed by atoms with Crippen LogP contribution in [0.4, 0.5) is 0 Å². The van der Waals surface area contributed by atoms with E-state index in [9.17, 15) is 0 Å². The average Bonchev–Trinajstić information content (AvgIpc) is 2.46. The first-order valence-electron chi connectivity index (χ1n) is 6.83. The zero-order valence-corrected chi connectivity index (χ0v) is 12.1. The molecule has 1 fully saturated rings. The molecule has 19 heavy (non-hydrogen) atoms. The van der Waals surface area contributed by atoms with Gasteiger partial charge in [0.25, 0.3) is 0 Å². The van der Waals surface area contributed by atoms with Crippen molar-refractivity contribution in [3.8, 4) is 5.75 Å². The van der Waals surface area contributed by atoms with Gasteiger partial charge in [-0.05, 0) is 38.2 Å². The highest BCUT2D eigenvalue weighted by atomic mass is 16.5. The molecule has 1 aromatic carbocycles. The fraction of sp³-hybridized carbons (Fsp3) is 0.600. The minimum Gasteiger partial charge on any atom is -0.497 e. The molecule has 0 amide bonds. The van der Waals surface area contributed by atoms with Crippen molar-refractivity contribution in [1.82, 2.24) is 10.2 Å². The van der Waals surface area contributed by atoms with Gasteiger partial charge in [0.2, 0.25) is 0 Å². The second-order valence-electron chi connectivity index (χ2n) is 5.19. The van der Waals surface area contributed by atoms with Gasteiger partial charge in [-0.3, -0.25) is 0 Å². The summed E-state index contributed by atoms with van der Waals surface area (Å²) < 4.78 is 11.0. The molecular formula is C15H24N2O2. The number of nitrogens with one attached hydrogen (secondary N) is 1. The molecule has 0 radical (unpaired) electrons. The topological polar surface area (TPSA) is 33.7 Å². The molecule has 0 bridgehead atoms. The van der Waals surface area contributed by atoms with Crippen LogP contribution in [0.2, 0.25) is 0 Å². The average molecular weight is 264 g/mol. The predicted molar refractivity (Wildman–Crippen MR) is 76.6 cm³/mol. The third-order valence-electron chi connectivity index (χ3n) is 3.61. The summed E-state index contributed by atoms with van der Waals surface area (Å²) in [7, 11) is 5.93. The lowest BCUT2D eigenvalue weighted by atomic mass is 9.99. The highest BCUT2D eigenvalue weighted by Crippen LogP contribution is 2.26. The van der Waals surface area contributed by atoms with Crippen LogP contribution in [0.1, 0.15) is 18.0 Å². The second-order valence-corrected chi connectivity index (χ2v) is 5.19. The Kier molecular flexibility index (Phi) is 5.19. The number of methoxy groups -OCH3 is 1. The molecule has 2 atom stereocenters. The lowest BCUT2D eigenvalue weighted by molar-refractivity contribution is 0.00894. The van der Waals surface area contributed by atoms with Gasteiger partial charge in [-0.15, -0.1) is 0 Å². The van der Waals surface area contributed by atoms with Gasteiger partial charge in [-0.1, -0.05) is 12.1 Å². The number of benzene rings is 1. The van der Waals surface area contributed by atoms with E-state index in [-0.39, 0.29) is 0 Å². The van der Waals surface area contributed by atoms with Crippen LogP contribution in [0.15, 0.2) is 24.3 Å². The van der Waals surface area contributed by atoms with Crippen LogP contribution in [0, 0.1) is 0 Å². The second kappa shape index (κ2) is 6.89. The minimum absolute atomic E-state index is 0.295. The SMILES string of the molecule is COc1ccc(C(CC2CNCCO2)N(C)C)cc1. The molecule has 1 heterocycles. The number of hydrogen-bond acceptors (Lipinski definition) is 4. The van der Waals surface area contributed by atoms with Crippen molar-refractivity contribution in [2.24, 2.45) is 0 Å². The smallest absolute Gasteiger partial charge is 0.118 e. The zero-order chi connectivity index (χ0) is 13.7. The van der Waals surface area contributed by atoms with Gasteiger partial charge >= 0.3 is 0 Å². The summed E-state index contributed by atoms with van der Waals surface area (Å²) >= 11 is 0. The maximum atomic E-state index is 5.81. The lowest BCUT2D eigenvalue weighted by Crippen LogP contribution is -2.40. The molecule has 1 aliphatic rings. The van der Waals surface area contributed by atoms with Crippen LogP contribution >= 0.6 is 0 Å². The molecule has 0 aromatic heterocycles. The number of hydrogen-bond donors (Lipinski definition) is 1. The van der Waals surface area contributed by atoms with E-state index in [1.54, 1.807) is 7.11 Å². The third-order valence-corrected chi connectivity index (χ3v) is 3.61. The van der Waals surface area contributed by atoms with Crippen molar-refractivity contribution < 1.29 is 9.47 Å². The maximum Gasteiger partial charge on any atom is 0.118 e. The molecular weight excluding hydrogens is 240 g/mol. The van der Waals surface area contributed by atoms with E-state index < -0.39 is 0 Å². The summed E-state index contributed by atoms with van der Waals surface area (Å²) in [5.74, 6) is 0.900. The quantitative estimate of drug-likeness (QED) is 0.877. The van der Waals surface area contributed by atoms with Gasteiger partial charge < -0.3 is 19.7 Å². The van der Waals surface area contributed by atoms with Crippen molar-refractivity contribution in [3.63, 3.8) is 0 Å². The van der Waals surface area contributed by atoms with Gasteiger partial charge in [0.15, 0.2) is 0 Å². The van der Waals surface area contributed by atoms with Crippen LogP contribution in [0.5, 0.6) is 5.75 Å². The van der Waals surface area contributed by atoms with Crippen LogP contribution < -0.4 is 10.1 Å². The van der Waals surface area contributed by atoms with E-state index in [0.717, 1.165) is 31.9 Å². The van der Waals surface area contributed by atoms with E-state index in [2.05, 4.69) is 36.4 Å². The van der Waals surface area contributed by atoms with Gasteiger partial charge in [-0.25, -0.2) is 0 Å². The third kappa shape index (κ3) is 3.93. The van der Waals surface area contributed by atoms with Crippen molar-refractivity contribution in [2.75, 3.05) is 40.9 Å². The van der Waals surface area contributed by atoms with Crippen LogP contribution in [-0.2, 0) is 4.74 Å². The summed E-state index contributed by atoms with van der Waals surface area (Å²) in [4.78, 5) is 2.25. The first kappa shape index (κ1) is 14.3. The molecule has 1 aromatic rings. The molecule has 4 nitrogen and oxygen atoms in total. The Morgan fingerprint density at radius 3 is 2.63 bits per heavy atom. The summed E-state index contributed by atoms with van der Waals surface area (Å²) in [5, 5.41) is 3.39. The molecule has 2 rings (SSSR count). The number of nitrogens with zero attached hydrogens (tertiary/aromatic N) is 1. The molecule has 0 spiro atoms. The fourth-order valence-electron chi connectivity index (χ4n) is 2.49. The summed E-state index contributed by atoms with van der Waals surface area (Å²) in [6, 6.07) is 8.69. The maximum absolute atomic E-state index is 5.81. The standard InChI is InChI=1S/C15H24N2O2/c1-17(2)15(10-14-11-16-8-9-19-14)12-4-6-13(18-3)7-5-12/h4-7,14-16H,8-11H2,1-3H3. The van der Waals surface area contributed by atoms with Gasteiger partial charge in [-0.2, -0.15) is 0 Å². The molecule has 0 aliphatic carbocycles. The monoisotopic (exact) mass is 264 g/mol. The Morgan fingerprint density at radius 1 is 1.37 bits per heavy atom. The molecule has 1 N–H and O–H groups in total. The highest BCUT2D eigenvalue weighted by Gasteiger charge is 2.22. The van der Waals surface area contributed by atoms with E-state index in [4.69, 9.17) is 9.47 Å². The fourth-order valence-corrected chi connectivity index (χ4v) is 2.49. The number of morpholine rings is 1. The normalized spacial score (nSPS) is 21.4. The van der Waals surface area contributed by atoms with Crippen molar-refractivity contribution in [3.05, 3.63) is 29.8 Å². The summed E-state index contributed by atoms with van der Waals surface area (Å²) in [6.07, 6.45) is 1.30. The molecule has 1 saturated heterocycles. The predicted octanol–water partition coefficient (Wildman–Crippen LogP) is 1.68. The van der Waals surface area contributed by atoms with E-state index in [1.807, 2.05) is 12.1 Å². The molecule has 2 unspecified atom stereocenters. The van der Waals surface area contributed by atoms with Gasteiger partial charge in [0.1, 0.15) is 5.75 Å². The van der Waals surface area contributed by atoms with Gasteiger partial charge in [0.05, 0.1) is 19.8 Å². The van der Waals surface area contributed by atoms with Crippen molar-refractivity contribution in [1.29, 1.82) is 0 Å². The van der Waals surface area contributed by atoms with Gasteiger partial charge in [0, 0.05) is 19.1 Å². The number of ether oxygens (including phenoxy) is 2. The summed E-state index contributed by atoms with van der Waals surface area (Å²) in [6.45, 7) is 2.72. The number of rotatable bonds is 5. The Balaban J connectivity index is 2.05. The first-order chi connectivity index (χ1) is 9.20. The van der Waals surface area contributed by atoms with Crippen LogP contribution in [0.3, 0.4) is 0 Å². The Labute approximate surface area is 115 Å².